The minimum atomic E-state index is -4.35. The largest absolute Gasteiger partial charge is 0.464 e. The van der Waals surface area contributed by atoms with Gasteiger partial charge in [-0.3, -0.25) is 9.32 Å². The molecule has 14 heteroatoms. The lowest BCUT2D eigenvalue weighted by Crippen LogP contribution is -2.44. The molecule has 0 amide bonds. The molecular weight excluding hydrogens is 587 g/mol. The highest BCUT2D eigenvalue weighted by Gasteiger charge is 2.56. The van der Waals surface area contributed by atoms with Crippen LogP contribution in [-0.2, 0) is 18.6 Å². The number of esters is 1. The van der Waals surface area contributed by atoms with E-state index in [0.717, 1.165) is 38.5 Å². The van der Waals surface area contributed by atoms with Crippen LogP contribution in [0.3, 0.4) is 0 Å². The van der Waals surface area contributed by atoms with E-state index in [4.69, 9.17) is 19.5 Å². The maximum Gasteiger partial charge on any atom is 0.459 e. The van der Waals surface area contributed by atoms with Crippen LogP contribution in [-0.4, -0.2) is 62.2 Å². The lowest BCUT2D eigenvalue weighted by Gasteiger charge is -2.31. The van der Waals surface area contributed by atoms with Crippen LogP contribution in [0.15, 0.2) is 48.8 Å². The zero-order valence-electron chi connectivity index (χ0n) is 24.2. The molecule has 3 fully saturated rings. The molecule has 0 bridgehead atoms. The third-order valence-electron chi connectivity index (χ3n) is 9.04. The molecule has 2 heterocycles. The van der Waals surface area contributed by atoms with E-state index in [1.54, 1.807) is 42.5 Å². The molecule has 6 rings (SSSR count). The van der Waals surface area contributed by atoms with Crippen LogP contribution in [0, 0.1) is 28.6 Å². The lowest BCUT2D eigenvalue weighted by atomic mass is 9.86. The highest BCUT2D eigenvalue weighted by molar-refractivity contribution is 7.52. The summed E-state index contributed by atoms with van der Waals surface area (Å²) >= 11 is 0. The number of hydrogen-bond donors (Lipinski definition) is 4. The number of nitrogens with zero attached hydrogens (tertiary/aromatic N) is 4. The van der Waals surface area contributed by atoms with Gasteiger partial charge in [-0.1, -0.05) is 31.0 Å². The van der Waals surface area contributed by atoms with E-state index in [9.17, 15) is 24.8 Å². The number of carbonyl (C=O) groups is 1. The van der Waals surface area contributed by atoms with Gasteiger partial charge in [-0.2, -0.15) is 15.4 Å². The Hall–Kier alpha value is -3.53. The van der Waals surface area contributed by atoms with Crippen molar-refractivity contribution in [3.05, 3.63) is 54.5 Å². The number of nitrogens with two attached hydrogens (primary N) is 1. The SMILES string of the molecule is N#C[C@]1(COP(=O)(N[C@H](C(=O)OCC2CC2)C2CCCC2)Oc2ccccc2)C[C@@H](c2ccc3c(N)ncnn23)[C@H](O)[C@@H]1O. The number of hydrogen-bond acceptors (Lipinski definition) is 11. The van der Waals surface area contributed by atoms with Crippen LogP contribution >= 0.6 is 7.75 Å². The number of nitrogen functional groups attached to an aromatic ring is 1. The van der Waals surface area contributed by atoms with Crippen molar-refractivity contribution in [3.63, 3.8) is 0 Å². The fourth-order valence-corrected chi connectivity index (χ4v) is 7.94. The van der Waals surface area contributed by atoms with Gasteiger partial charge in [0.25, 0.3) is 0 Å². The zero-order valence-corrected chi connectivity index (χ0v) is 25.1. The Balaban J connectivity index is 1.26. The summed E-state index contributed by atoms with van der Waals surface area (Å²) in [7, 11) is -4.35. The quantitative estimate of drug-likeness (QED) is 0.170. The molecule has 1 aromatic carbocycles. The summed E-state index contributed by atoms with van der Waals surface area (Å²) in [6.07, 6.45) is 3.70. The fourth-order valence-electron chi connectivity index (χ4n) is 6.30. The highest BCUT2D eigenvalue weighted by atomic mass is 31.2. The number of rotatable bonds is 12. The molecule has 2 aromatic heterocycles. The third-order valence-corrected chi connectivity index (χ3v) is 10.6. The average Bonchev–Trinajstić information content (AvgIpc) is 3.40. The van der Waals surface area contributed by atoms with Crippen molar-refractivity contribution in [3.8, 4) is 11.8 Å². The van der Waals surface area contributed by atoms with Crippen molar-refractivity contribution in [1.82, 2.24) is 19.7 Å². The molecule has 234 valence electrons. The van der Waals surface area contributed by atoms with Crippen molar-refractivity contribution in [2.24, 2.45) is 17.3 Å². The first-order valence-corrected chi connectivity index (χ1v) is 16.6. The Kier molecular flexibility index (Phi) is 8.64. The molecule has 3 aliphatic carbocycles. The number of aliphatic hydroxyl groups is 2. The van der Waals surface area contributed by atoms with E-state index in [2.05, 4.69) is 21.2 Å². The molecule has 44 heavy (non-hydrogen) atoms. The number of nitrogens with one attached hydrogen (secondary N) is 1. The van der Waals surface area contributed by atoms with Gasteiger partial charge < -0.3 is 25.2 Å². The normalized spacial score (nSPS) is 27.5. The van der Waals surface area contributed by atoms with Crippen molar-refractivity contribution in [2.75, 3.05) is 18.9 Å². The zero-order chi connectivity index (χ0) is 30.9. The lowest BCUT2D eigenvalue weighted by molar-refractivity contribution is -0.147. The summed E-state index contributed by atoms with van der Waals surface area (Å²) in [5.41, 5.74) is 5.35. The van der Waals surface area contributed by atoms with E-state index >= 15 is 0 Å². The van der Waals surface area contributed by atoms with Crippen molar-refractivity contribution in [2.45, 2.75) is 69.1 Å². The summed E-state index contributed by atoms with van der Waals surface area (Å²) < 4.78 is 33.4. The molecule has 3 saturated carbocycles. The third kappa shape index (κ3) is 6.18. The van der Waals surface area contributed by atoms with Gasteiger partial charge in [-0.15, -0.1) is 0 Å². The smallest absolute Gasteiger partial charge is 0.459 e. The van der Waals surface area contributed by atoms with Gasteiger partial charge in [0.1, 0.15) is 35.2 Å². The van der Waals surface area contributed by atoms with Gasteiger partial charge in [0.2, 0.25) is 0 Å². The van der Waals surface area contributed by atoms with Crippen LogP contribution in [0.2, 0.25) is 0 Å². The second-order valence-electron chi connectivity index (χ2n) is 12.1. The van der Waals surface area contributed by atoms with Gasteiger partial charge in [-0.05, 0) is 68.2 Å². The van der Waals surface area contributed by atoms with Gasteiger partial charge in [0.15, 0.2) is 5.82 Å². The molecule has 0 aliphatic heterocycles. The molecule has 1 unspecified atom stereocenters. The molecular formula is C30H37N6O7P. The van der Waals surface area contributed by atoms with Crippen LogP contribution in [0.1, 0.15) is 56.6 Å². The Bertz CT molecular complexity index is 1570. The number of anilines is 1. The fraction of sp³-hybridized carbons (Fsp3) is 0.533. The van der Waals surface area contributed by atoms with Gasteiger partial charge in [0, 0.05) is 11.6 Å². The Morgan fingerprint density at radius 3 is 2.64 bits per heavy atom. The molecule has 13 nitrogen and oxygen atoms in total. The number of aliphatic hydroxyl groups excluding tert-OH is 2. The number of aromatic nitrogens is 3. The van der Waals surface area contributed by atoms with E-state index in [0.29, 0.717) is 23.7 Å². The van der Waals surface area contributed by atoms with E-state index in [1.807, 2.05) is 0 Å². The van der Waals surface area contributed by atoms with Crippen molar-refractivity contribution < 1.29 is 33.4 Å². The predicted octanol–water partition coefficient (Wildman–Crippen LogP) is 3.34. The van der Waals surface area contributed by atoms with Crippen LogP contribution in [0.4, 0.5) is 5.82 Å². The number of fused-ring (bicyclic) bond motifs is 1. The first-order chi connectivity index (χ1) is 21.2. The Morgan fingerprint density at radius 1 is 1.18 bits per heavy atom. The number of para-hydroxylation sites is 1. The van der Waals surface area contributed by atoms with E-state index in [1.165, 1.54) is 10.8 Å². The molecule has 3 aromatic rings. The van der Waals surface area contributed by atoms with E-state index in [-0.39, 0.29) is 23.9 Å². The molecule has 3 aliphatic rings. The van der Waals surface area contributed by atoms with Crippen LogP contribution in [0.25, 0.3) is 5.52 Å². The molecule has 0 spiro atoms. The van der Waals surface area contributed by atoms with Gasteiger partial charge in [-0.25, -0.2) is 14.1 Å². The van der Waals surface area contributed by atoms with Crippen molar-refractivity contribution in [1.29, 1.82) is 5.26 Å². The van der Waals surface area contributed by atoms with Crippen LogP contribution < -0.4 is 15.3 Å². The summed E-state index contributed by atoms with van der Waals surface area (Å²) in [6.45, 7) is -0.243. The van der Waals surface area contributed by atoms with E-state index < -0.39 is 49.9 Å². The number of nitriles is 1. The Morgan fingerprint density at radius 2 is 1.93 bits per heavy atom. The topological polar surface area (TPSA) is 194 Å². The van der Waals surface area contributed by atoms with Gasteiger partial charge >= 0.3 is 13.7 Å². The van der Waals surface area contributed by atoms with Gasteiger partial charge in [0.05, 0.1) is 25.4 Å². The minimum absolute atomic E-state index is 0.0390. The number of carbonyl (C=O) groups excluding carboxylic acids is 1. The van der Waals surface area contributed by atoms with Crippen LogP contribution in [0.5, 0.6) is 5.75 Å². The molecule has 6 atom stereocenters. The first-order valence-electron chi connectivity index (χ1n) is 15.0. The highest BCUT2D eigenvalue weighted by Crippen LogP contribution is 2.52. The monoisotopic (exact) mass is 624 g/mol. The Labute approximate surface area is 254 Å². The molecule has 0 saturated heterocycles. The maximum atomic E-state index is 14.5. The first kappa shape index (κ1) is 30.5. The summed E-state index contributed by atoms with van der Waals surface area (Å²) in [5, 5.41) is 39.8. The number of benzene rings is 1. The number of ether oxygens (including phenoxy) is 1. The molecule has 5 N–H and O–H groups in total. The minimum Gasteiger partial charge on any atom is -0.464 e. The second kappa shape index (κ2) is 12.5. The predicted molar refractivity (Wildman–Crippen MR) is 158 cm³/mol. The average molecular weight is 625 g/mol. The van der Waals surface area contributed by atoms with Crippen molar-refractivity contribution >= 4 is 25.1 Å². The summed E-state index contributed by atoms with van der Waals surface area (Å²) in [5.74, 6) is -0.554. The standard InChI is InChI=1S/C30H37N6O7P/c31-16-30(14-22(26(37)27(30)38)23-12-13-24-28(32)33-18-34-36(23)24)17-42-44(40,43-21-8-2-1-3-9-21)35-25(20-6-4-5-7-20)29(39)41-15-19-10-11-19/h1-3,8-9,12-13,18-20,22,25-27,37-38H,4-7,10-11,14-15,17H2,(H,35,40)(H2,32,33,34)/t22-,25-,26-,27-,30-,44?/m0/s1. The summed E-state index contributed by atoms with van der Waals surface area (Å²) in [4.78, 5) is 17.3. The molecule has 0 radical (unpaired) electrons. The maximum absolute atomic E-state index is 14.5. The second-order valence-corrected chi connectivity index (χ2v) is 13.8. The summed E-state index contributed by atoms with van der Waals surface area (Å²) in [6, 6.07) is 13.0.